The maximum absolute atomic E-state index is 13.9. The third-order valence-corrected chi connectivity index (χ3v) is 4.47. The number of rotatable bonds is 11. The summed E-state index contributed by atoms with van der Waals surface area (Å²) in [4.78, 5) is 13.2. The summed E-state index contributed by atoms with van der Waals surface area (Å²) in [6.45, 7) is 2.49. The second-order valence-corrected chi connectivity index (χ2v) is 7.57. The molecule has 0 spiro atoms. The molecule has 15 heteroatoms. The quantitative estimate of drug-likeness (QED) is 0.300. The van der Waals surface area contributed by atoms with Gasteiger partial charge in [0.05, 0.1) is 19.6 Å². The van der Waals surface area contributed by atoms with Crippen molar-refractivity contribution in [1.29, 1.82) is 0 Å². The summed E-state index contributed by atoms with van der Waals surface area (Å²) < 4.78 is 154. The number of alkyl halides is 11. The predicted molar refractivity (Wildman–Crippen MR) is 87.1 cm³/mol. The monoisotopic (exact) mass is 497 g/mol. The SMILES string of the molecule is CC(CN1CCOCC1)OC(=O)C(F)(F)CC(F)(F)C(F)(F)CCC(F)(F)CC(F)(F)F. The lowest BCUT2D eigenvalue weighted by molar-refractivity contribution is -0.252. The van der Waals surface area contributed by atoms with E-state index in [0.717, 1.165) is 0 Å². The minimum absolute atomic E-state index is 0.0635. The van der Waals surface area contributed by atoms with Crippen LogP contribution in [0.3, 0.4) is 0 Å². The summed E-state index contributed by atoms with van der Waals surface area (Å²) >= 11 is 0. The zero-order chi connectivity index (χ0) is 25.0. The van der Waals surface area contributed by atoms with Gasteiger partial charge in [-0.2, -0.15) is 39.5 Å². The maximum atomic E-state index is 13.9. The van der Waals surface area contributed by atoms with Gasteiger partial charge in [-0.25, -0.2) is 13.6 Å². The van der Waals surface area contributed by atoms with Crippen LogP contribution in [0.4, 0.5) is 48.3 Å². The molecule has 0 aromatic heterocycles. The van der Waals surface area contributed by atoms with Crippen LogP contribution >= 0.6 is 0 Å². The Hall–Kier alpha value is -1.38. The molecule has 0 bridgehead atoms. The fourth-order valence-electron chi connectivity index (χ4n) is 2.84. The highest BCUT2D eigenvalue weighted by molar-refractivity contribution is 5.77. The Balaban J connectivity index is 2.70. The van der Waals surface area contributed by atoms with Crippen LogP contribution in [0, 0.1) is 0 Å². The van der Waals surface area contributed by atoms with Crippen molar-refractivity contribution in [2.45, 2.75) is 68.6 Å². The summed E-state index contributed by atoms with van der Waals surface area (Å²) in [6.07, 6.45) is -17.4. The normalized spacial score (nSPS) is 18.5. The molecule has 1 atom stereocenters. The second kappa shape index (κ2) is 10.3. The molecule has 4 nitrogen and oxygen atoms in total. The van der Waals surface area contributed by atoms with E-state index < -0.39 is 67.6 Å². The molecule has 190 valence electrons. The van der Waals surface area contributed by atoms with E-state index >= 15 is 0 Å². The Bertz CT molecular complexity index is 619. The van der Waals surface area contributed by atoms with Crippen molar-refractivity contribution in [2.24, 2.45) is 0 Å². The van der Waals surface area contributed by atoms with E-state index in [2.05, 4.69) is 4.74 Å². The fraction of sp³-hybridized carbons (Fsp3) is 0.941. The molecule has 1 heterocycles. The summed E-state index contributed by atoms with van der Waals surface area (Å²) in [5.74, 6) is -23.7. The average Bonchev–Trinajstić information content (AvgIpc) is 2.58. The van der Waals surface area contributed by atoms with Crippen LogP contribution in [-0.4, -0.2) is 79.7 Å². The van der Waals surface area contributed by atoms with Gasteiger partial charge in [-0.3, -0.25) is 4.90 Å². The van der Waals surface area contributed by atoms with Crippen LogP contribution in [-0.2, 0) is 14.3 Å². The predicted octanol–water partition coefficient (Wildman–Crippen LogP) is 4.91. The van der Waals surface area contributed by atoms with Gasteiger partial charge in [0.1, 0.15) is 12.5 Å². The Kier molecular flexibility index (Phi) is 9.19. The Morgan fingerprint density at radius 1 is 0.875 bits per heavy atom. The molecular formula is C17H22F11NO3. The largest absolute Gasteiger partial charge is 0.457 e. The van der Waals surface area contributed by atoms with Crippen LogP contribution in [0.5, 0.6) is 0 Å². The van der Waals surface area contributed by atoms with Crippen LogP contribution in [0.2, 0.25) is 0 Å². The number of morpholine rings is 1. The van der Waals surface area contributed by atoms with Gasteiger partial charge >= 0.3 is 29.9 Å². The molecule has 0 amide bonds. The van der Waals surface area contributed by atoms with Crippen molar-refractivity contribution < 1.29 is 62.6 Å². The molecular weight excluding hydrogens is 475 g/mol. The molecule has 1 aliphatic rings. The van der Waals surface area contributed by atoms with E-state index in [-0.39, 0.29) is 6.54 Å². The minimum Gasteiger partial charge on any atom is -0.457 e. The van der Waals surface area contributed by atoms with Crippen molar-refractivity contribution in [3.8, 4) is 0 Å². The molecule has 0 radical (unpaired) electrons. The van der Waals surface area contributed by atoms with Gasteiger partial charge in [-0.05, 0) is 6.92 Å². The summed E-state index contributed by atoms with van der Waals surface area (Å²) in [5.41, 5.74) is 0. The first kappa shape index (κ1) is 28.7. The lowest BCUT2D eigenvalue weighted by Gasteiger charge is -2.31. The first-order valence-electron chi connectivity index (χ1n) is 9.36. The highest BCUT2D eigenvalue weighted by Crippen LogP contribution is 2.47. The van der Waals surface area contributed by atoms with E-state index in [9.17, 15) is 53.1 Å². The van der Waals surface area contributed by atoms with E-state index in [1.54, 1.807) is 4.90 Å². The summed E-state index contributed by atoms with van der Waals surface area (Å²) in [5, 5.41) is 0. The fourth-order valence-corrected chi connectivity index (χ4v) is 2.84. The van der Waals surface area contributed by atoms with Gasteiger partial charge < -0.3 is 9.47 Å². The topological polar surface area (TPSA) is 38.8 Å². The number of hydrogen-bond donors (Lipinski definition) is 0. The number of hydrogen-bond acceptors (Lipinski definition) is 4. The highest BCUT2D eigenvalue weighted by atomic mass is 19.4. The van der Waals surface area contributed by atoms with E-state index in [1.807, 2.05) is 0 Å². The molecule has 0 N–H and O–H groups in total. The van der Waals surface area contributed by atoms with Gasteiger partial charge in [-0.1, -0.05) is 0 Å². The Morgan fingerprint density at radius 2 is 1.41 bits per heavy atom. The highest BCUT2D eigenvalue weighted by Gasteiger charge is 2.63. The number of esters is 1. The average molecular weight is 497 g/mol. The van der Waals surface area contributed by atoms with Crippen LogP contribution < -0.4 is 0 Å². The van der Waals surface area contributed by atoms with Crippen molar-refractivity contribution in [3.05, 3.63) is 0 Å². The van der Waals surface area contributed by atoms with Gasteiger partial charge in [0, 0.05) is 32.5 Å². The minimum atomic E-state index is -5.68. The molecule has 1 fully saturated rings. The Morgan fingerprint density at radius 3 is 1.91 bits per heavy atom. The smallest absolute Gasteiger partial charge is 0.394 e. The van der Waals surface area contributed by atoms with Crippen LogP contribution in [0.25, 0.3) is 0 Å². The number of carbonyl (C=O) groups is 1. The van der Waals surface area contributed by atoms with Gasteiger partial charge in [0.25, 0.3) is 5.92 Å². The molecule has 0 saturated carbocycles. The van der Waals surface area contributed by atoms with E-state index in [1.165, 1.54) is 6.92 Å². The maximum Gasteiger partial charge on any atom is 0.394 e. The molecule has 32 heavy (non-hydrogen) atoms. The second-order valence-electron chi connectivity index (χ2n) is 7.57. The van der Waals surface area contributed by atoms with Crippen molar-refractivity contribution in [3.63, 3.8) is 0 Å². The van der Waals surface area contributed by atoms with Gasteiger partial charge in [0.15, 0.2) is 0 Å². The van der Waals surface area contributed by atoms with Crippen molar-refractivity contribution in [1.82, 2.24) is 4.90 Å². The number of ether oxygens (including phenoxy) is 2. The number of halogens is 11. The molecule has 1 unspecified atom stereocenters. The van der Waals surface area contributed by atoms with E-state index in [0.29, 0.717) is 26.3 Å². The molecule has 1 rings (SSSR count). The first-order valence-corrected chi connectivity index (χ1v) is 9.36. The van der Waals surface area contributed by atoms with E-state index in [4.69, 9.17) is 4.74 Å². The van der Waals surface area contributed by atoms with Crippen molar-refractivity contribution in [2.75, 3.05) is 32.8 Å². The molecule has 0 aromatic rings. The van der Waals surface area contributed by atoms with Gasteiger partial charge in [0.2, 0.25) is 0 Å². The number of nitrogens with zero attached hydrogens (tertiary/aromatic N) is 1. The Labute approximate surface area is 176 Å². The first-order chi connectivity index (χ1) is 14.3. The summed E-state index contributed by atoms with van der Waals surface area (Å²) in [7, 11) is 0. The molecule has 0 aromatic carbocycles. The lowest BCUT2D eigenvalue weighted by atomic mass is 9.97. The van der Waals surface area contributed by atoms with Crippen LogP contribution in [0.1, 0.15) is 32.6 Å². The molecule has 1 saturated heterocycles. The third kappa shape index (κ3) is 9.24. The standard InChI is InChI=1S/C17H22F11NO3/c1-11(8-29-4-6-31-7-5-29)32-12(30)14(20,21)10-16(24,25)15(22,23)3-2-13(18,19)9-17(26,27)28/h11H,2-10H2,1H3. The van der Waals surface area contributed by atoms with Crippen LogP contribution in [0.15, 0.2) is 0 Å². The lowest BCUT2D eigenvalue weighted by Crippen LogP contribution is -2.49. The van der Waals surface area contributed by atoms with Crippen molar-refractivity contribution >= 4 is 5.97 Å². The zero-order valence-corrected chi connectivity index (χ0v) is 16.8. The van der Waals surface area contributed by atoms with Gasteiger partial charge in [-0.15, -0.1) is 0 Å². The molecule has 0 aliphatic carbocycles. The number of carbonyl (C=O) groups excluding carboxylic acids is 1. The molecule has 1 aliphatic heterocycles. The zero-order valence-electron chi connectivity index (χ0n) is 16.8. The third-order valence-electron chi connectivity index (χ3n) is 4.47. The summed E-state index contributed by atoms with van der Waals surface area (Å²) in [6, 6.07) is 0.